The monoisotopic (exact) mass is 764 g/mol. The summed E-state index contributed by atoms with van der Waals surface area (Å²) in [5, 5.41) is 1.55. The minimum absolute atomic E-state index is 0. The van der Waals surface area contributed by atoms with Gasteiger partial charge in [-0.1, -0.05) is 0 Å². The predicted octanol–water partition coefficient (Wildman–Crippen LogP) is 6.09. The van der Waals surface area contributed by atoms with Crippen LogP contribution in [-0.4, -0.2) is 3.21 Å². The normalized spacial score (nSPS) is 15.1. The van der Waals surface area contributed by atoms with Gasteiger partial charge in [-0.15, -0.1) is 0 Å². The van der Waals surface area contributed by atoms with E-state index in [1.165, 1.54) is 64.4 Å². The van der Waals surface area contributed by atoms with Crippen LogP contribution in [0.1, 0.15) is 82.2 Å². The van der Waals surface area contributed by atoms with E-state index in [2.05, 4.69) is 128 Å². The van der Waals surface area contributed by atoms with Gasteiger partial charge in [0.25, 0.3) is 0 Å². The predicted molar refractivity (Wildman–Crippen MR) is 188 cm³/mol. The maximum atomic E-state index is 6.77. The maximum absolute atomic E-state index is 6.77. The Morgan fingerprint density at radius 3 is 1.57 bits per heavy atom. The molecule has 1 unspecified atom stereocenters. The minimum atomic E-state index is -2.96. The summed E-state index contributed by atoms with van der Waals surface area (Å²) in [6.07, 6.45) is 6.30. The summed E-state index contributed by atoms with van der Waals surface area (Å²) in [6.45, 7) is 18.5. The molecular formula is C41H42Cl4Zr. The Morgan fingerprint density at radius 2 is 1.15 bits per heavy atom. The average molecular weight is 768 g/mol. The first-order valence-electron chi connectivity index (χ1n) is 15.8. The van der Waals surface area contributed by atoms with Crippen molar-refractivity contribution in [1.29, 1.82) is 0 Å². The van der Waals surface area contributed by atoms with E-state index in [0.29, 0.717) is 9.54 Å². The van der Waals surface area contributed by atoms with Gasteiger partial charge in [0.05, 0.1) is 0 Å². The number of allylic oxidation sites excluding steroid dienone is 4. The molecule has 2 aliphatic carbocycles. The molecule has 0 spiro atoms. The molecule has 0 heterocycles. The topological polar surface area (TPSA) is 0 Å². The quantitative estimate of drug-likeness (QED) is 0.231. The molecule has 5 heteroatoms. The summed E-state index contributed by atoms with van der Waals surface area (Å²) in [4.78, 5) is 0. The van der Waals surface area contributed by atoms with Crippen molar-refractivity contribution in [1.82, 2.24) is 0 Å². The van der Waals surface area contributed by atoms with Crippen LogP contribution >= 0.6 is 23.2 Å². The Bertz CT molecular complexity index is 1800. The van der Waals surface area contributed by atoms with Crippen molar-refractivity contribution in [3.63, 3.8) is 0 Å². The molecule has 0 aromatic heterocycles. The summed E-state index contributed by atoms with van der Waals surface area (Å²) in [5.41, 5.74) is 15.3. The Balaban J connectivity index is 0.00000240. The minimum Gasteiger partial charge on any atom is -1.00 e. The van der Waals surface area contributed by atoms with Gasteiger partial charge in [-0.05, 0) is 0 Å². The van der Waals surface area contributed by atoms with Crippen LogP contribution in [0.3, 0.4) is 0 Å². The number of halogens is 4. The molecule has 0 aliphatic heterocycles. The van der Waals surface area contributed by atoms with Crippen LogP contribution < -0.4 is 24.8 Å². The summed E-state index contributed by atoms with van der Waals surface area (Å²) in [7, 11) is 0. The van der Waals surface area contributed by atoms with Gasteiger partial charge in [0.15, 0.2) is 0 Å². The van der Waals surface area contributed by atoms with Gasteiger partial charge >= 0.3 is 284 Å². The molecule has 0 saturated carbocycles. The molecule has 2 aliphatic rings. The van der Waals surface area contributed by atoms with E-state index < -0.39 is 21.3 Å². The third-order valence-corrected chi connectivity index (χ3v) is 18.7. The molecular weight excluding hydrogens is 725 g/mol. The molecule has 0 saturated heterocycles. The van der Waals surface area contributed by atoms with Crippen molar-refractivity contribution in [3.8, 4) is 11.1 Å². The van der Waals surface area contributed by atoms with E-state index in [0.717, 1.165) is 16.5 Å². The first-order valence-corrected chi connectivity index (χ1v) is 20.4. The second-order valence-corrected chi connectivity index (χ2v) is 20.8. The zero-order valence-electron chi connectivity index (χ0n) is 28.0. The van der Waals surface area contributed by atoms with E-state index in [-0.39, 0.29) is 30.2 Å². The molecule has 0 radical (unpaired) electrons. The number of rotatable bonds is 5. The third kappa shape index (κ3) is 6.88. The van der Waals surface area contributed by atoms with Crippen molar-refractivity contribution in [3.05, 3.63) is 148 Å². The summed E-state index contributed by atoms with van der Waals surface area (Å²) < 4.78 is 3.49. The molecule has 0 amide bonds. The second kappa shape index (κ2) is 14.4. The molecule has 0 N–H and O–H groups in total. The fourth-order valence-corrected chi connectivity index (χ4v) is 17.1. The van der Waals surface area contributed by atoms with Crippen LogP contribution in [0.2, 0.25) is 10.0 Å². The number of aryl methyl sites for hydroxylation is 4. The number of hydrogen-bond acceptors (Lipinski definition) is 0. The van der Waals surface area contributed by atoms with Crippen molar-refractivity contribution in [2.45, 2.75) is 65.4 Å². The molecule has 1 atom stereocenters. The smallest absolute Gasteiger partial charge is 1.00 e. The SMILES string of the molecule is CCC1C=C(C(C)(C)C)C=[C]1[Zr+2](=[C](c1cccc(Cl)c1)c1cccc(Cl)c1)[CH]1c2cc(C)c(C)cc2-c2cc(C)c(C)cc21.[Cl-].[Cl-]. The molecule has 46 heavy (non-hydrogen) atoms. The van der Waals surface area contributed by atoms with Crippen molar-refractivity contribution < 1.29 is 46.1 Å². The number of benzene rings is 4. The largest absolute Gasteiger partial charge is 1.00 e. The van der Waals surface area contributed by atoms with Crippen molar-refractivity contribution in [2.24, 2.45) is 11.3 Å². The molecule has 0 fully saturated rings. The van der Waals surface area contributed by atoms with Gasteiger partial charge in [-0.2, -0.15) is 0 Å². The van der Waals surface area contributed by atoms with Gasteiger partial charge in [0, 0.05) is 0 Å². The fourth-order valence-electron chi connectivity index (χ4n) is 7.03. The number of fused-ring (bicyclic) bond motifs is 3. The summed E-state index contributed by atoms with van der Waals surface area (Å²) >= 11 is 10.6. The molecule has 0 nitrogen and oxygen atoms in total. The number of hydrogen-bond donors (Lipinski definition) is 0. The van der Waals surface area contributed by atoms with E-state index >= 15 is 0 Å². The molecule has 0 bridgehead atoms. The van der Waals surface area contributed by atoms with Gasteiger partial charge < -0.3 is 24.8 Å². The third-order valence-electron chi connectivity index (χ3n) is 9.74. The van der Waals surface area contributed by atoms with E-state index in [9.17, 15) is 0 Å². The van der Waals surface area contributed by atoms with Gasteiger partial charge in [0.1, 0.15) is 0 Å². The standard InChI is InChI=1S/C17H17.C13H8Cl2.C11H17.2ClH.Zr/c1-10-5-14-9-15-6-11(2)13(4)8-17(15)16(14)7-12(10)3;14-12-5-1-3-10(8-12)7-11-4-2-6-13(15)9-11;1-5-9-6-7-10(8-9)11(2,3)4;;;/h5-9H,1-4H3;1-6,8-9H;7-9H,5H2,1-4H3;2*1H;/q;;;;;+2/p-2. The molecule has 4 aromatic carbocycles. The second-order valence-electron chi connectivity index (χ2n) is 13.8. The Hall–Kier alpha value is -1.73. The van der Waals surface area contributed by atoms with Crippen LogP contribution in [-0.2, 0) is 21.3 Å². The first kappa shape index (κ1) is 37.1. The van der Waals surface area contributed by atoms with Crippen LogP contribution in [0.25, 0.3) is 11.1 Å². The van der Waals surface area contributed by atoms with E-state index in [1.54, 1.807) is 3.28 Å². The first-order chi connectivity index (χ1) is 20.9. The zero-order chi connectivity index (χ0) is 31.5. The summed E-state index contributed by atoms with van der Waals surface area (Å²) in [5.74, 6) is 0.428. The maximum Gasteiger partial charge on any atom is -1.00 e. The zero-order valence-corrected chi connectivity index (χ0v) is 33.4. The van der Waals surface area contributed by atoms with Crippen LogP contribution in [0, 0.1) is 39.0 Å². The Labute approximate surface area is 306 Å². The molecule has 238 valence electrons. The average Bonchev–Trinajstić information content (AvgIpc) is 3.52. The Morgan fingerprint density at radius 1 is 0.696 bits per heavy atom. The van der Waals surface area contributed by atoms with Crippen LogP contribution in [0.15, 0.2) is 93.8 Å². The van der Waals surface area contributed by atoms with Crippen LogP contribution in [0.4, 0.5) is 0 Å². The van der Waals surface area contributed by atoms with Crippen LogP contribution in [0.5, 0.6) is 0 Å². The van der Waals surface area contributed by atoms with Gasteiger partial charge in [-0.25, -0.2) is 0 Å². The Kier molecular flexibility index (Phi) is 11.6. The molecule has 6 rings (SSSR count). The van der Waals surface area contributed by atoms with E-state index in [4.69, 9.17) is 23.2 Å². The summed E-state index contributed by atoms with van der Waals surface area (Å²) in [6, 6.07) is 27.1. The van der Waals surface area contributed by atoms with Gasteiger partial charge in [-0.3, -0.25) is 0 Å². The van der Waals surface area contributed by atoms with Crippen molar-refractivity contribution >= 4 is 26.4 Å². The van der Waals surface area contributed by atoms with E-state index in [1.807, 2.05) is 12.1 Å². The fraction of sp³-hybridized carbons (Fsp3) is 0.293. The molecule has 4 aromatic rings. The van der Waals surface area contributed by atoms with Gasteiger partial charge in [0.2, 0.25) is 0 Å². The van der Waals surface area contributed by atoms with Crippen molar-refractivity contribution in [2.75, 3.05) is 0 Å².